The lowest BCUT2D eigenvalue weighted by atomic mass is 9.94. The lowest BCUT2D eigenvalue weighted by Crippen LogP contribution is -2.33. The number of ether oxygens (including phenoxy) is 2. The van der Waals surface area contributed by atoms with Crippen molar-refractivity contribution in [2.45, 2.75) is 18.9 Å². The summed E-state index contributed by atoms with van der Waals surface area (Å²) in [4.78, 5) is 13.5. The maximum Gasteiger partial charge on any atom is 0.228 e. The van der Waals surface area contributed by atoms with Gasteiger partial charge in [0.2, 0.25) is 5.91 Å². The van der Waals surface area contributed by atoms with Crippen LogP contribution in [0.1, 0.15) is 35.6 Å². The Kier molecular flexibility index (Phi) is 7.28. The largest absolute Gasteiger partial charge is 0.496 e. The van der Waals surface area contributed by atoms with E-state index in [0.717, 1.165) is 27.8 Å². The highest BCUT2D eigenvalue weighted by atomic mass is 16.5. The molecule has 1 amide bonds. The number of amides is 1. The quantitative estimate of drug-likeness (QED) is 0.338. The van der Waals surface area contributed by atoms with Crippen LogP contribution in [-0.4, -0.2) is 20.1 Å². The molecule has 1 atom stereocenters. The summed E-state index contributed by atoms with van der Waals surface area (Å²) in [5, 5.41) is 3.24. The van der Waals surface area contributed by atoms with Crippen molar-refractivity contribution in [1.29, 1.82) is 0 Å². The number of para-hydroxylation sites is 2. The minimum atomic E-state index is -0.425. The van der Waals surface area contributed by atoms with Crippen molar-refractivity contribution in [3.63, 3.8) is 0 Å². The van der Waals surface area contributed by atoms with E-state index in [2.05, 4.69) is 29.6 Å². The van der Waals surface area contributed by atoms with E-state index >= 15 is 0 Å². The van der Waals surface area contributed by atoms with Gasteiger partial charge in [-0.2, -0.15) is 0 Å². The van der Waals surface area contributed by atoms with Gasteiger partial charge < -0.3 is 14.8 Å². The number of hydrogen-bond acceptors (Lipinski definition) is 3. The van der Waals surface area contributed by atoms with Crippen molar-refractivity contribution in [2.24, 2.45) is 0 Å². The zero-order valence-electron chi connectivity index (χ0n) is 19.7. The van der Waals surface area contributed by atoms with Gasteiger partial charge in [-0.25, -0.2) is 0 Å². The number of benzene rings is 4. The monoisotopic (exact) mass is 451 g/mol. The second kappa shape index (κ2) is 10.7. The van der Waals surface area contributed by atoms with Crippen LogP contribution >= 0.6 is 0 Å². The van der Waals surface area contributed by atoms with E-state index in [0.29, 0.717) is 11.5 Å². The Balaban J connectivity index is 1.63. The van der Waals surface area contributed by atoms with E-state index in [1.807, 2.05) is 85.8 Å². The molecule has 0 bridgehead atoms. The molecule has 0 saturated heterocycles. The van der Waals surface area contributed by atoms with Crippen LogP contribution in [0.25, 0.3) is 11.1 Å². The topological polar surface area (TPSA) is 47.6 Å². The fourth-order valence-electron chi connectivity index (χ4n) is 4.15. The summed E-state index contributed by atoms with van der Waals surface area (Å²) in [6, 6.07) is 33.4. The molecule has 0 spiro atoms. The van der Waals surface area contributed by atoms with Crippen molar-refractivity contribution in [2.75, 3.05) is 14.2 Å². The molecular formula is C30H29NO3. The van der Waals surface area contributed by atoms with Gasteiger partial charge in [-0.05, 0) is 35.7 Å². The second-order valence-electron chi connectivity index (χ2n) is 8.14. The first-order valence-electron chi connectivity index (χ1n) is 11.3. The molecule has 172 valence electrons. The van der Waals surface area contributed by atoms with E-state index in [-0.39, 0.29) is 11.8 Å². The second-order valence-corrected chi connectivity index (χ2v) is 8.14. The number of nitrogens with one attached hydrogen (secondary N) is 1. The van der Waals surface area contributed by atoms with Crippen molar-refractivity contribution < 1.29 is 14.3 Å². The van der Waals surface area contributed by atoms with Crippen LogP contribution in [0.2, 0.25) is 0 Å². The summed E-state index contributed by atoms with van der Waals surface area (Å²) in [7, 11) is 3.27. The lowest BCUT2D eigenvalue weighted by Gasteiger charge is -2.25. The number of hydrogen-bond donors (Lipinski definition) is 1. The Bertz CT molecular complexity index is 1190. The van der Waals surface area contributed by atoms with Gasteiger partial charge in [0.15, 0.2) is 0 Å². The number of carbonyl (C=O) groups excluding carboxylic acids is 1. The Morgan fingerprint density at radius 1 is 0.647 bits per heavy atom. The minimum Gasteiger partial charge on any atom is -0.496 e. The highest BCUT2D eigenvalue weighted by molar-refractivity contribution is 5.84. The summed E-state index contributed by atoms with van der Waals surface area (Å²) in [6.07, 6.45) is 0. The molecule has 4 aromatic carbocycles. The van der Waals surface area contributed by atoms with E-state index in [1.54, 1.807) is 14.2 Å². The highest BCUT2D eigenvalue weighted by Gasteiger charge is 2.26. The molecule has 4 rings (SSSR count). The van der Waals surface area contributed by atoms with Crippen LogP contribution in [0, 0.1) is 0 Å². The summed E-state index contributed by atoms with van der Waals surface area (Å²) in [6.45, 7) is 1.92. The number of carbonyl (C=O) groups is 1. The molecule has 0 fully saturated rings. The smallest absolute Gasteiger partial charge is 0.228 e. The molecule has 4 aromatic rings. The molecule has 1 N–H and O–H groups in total. The SMILES string of the molecule is COc1ccccc1C(NC(=O)C(C)c1ccc(-c2ccccc2)cc1)c1ccccc1OC. The van der Waals surface area contributed by atoms with Crippen molar-refractivity contribution >= 4 is 5.91 Å². The Morgan fingerprint density at radius 3 is 1.65 bits per heavy atom. The first kappa shape index (κ1) is 23.1. The van der Waals surface area contributed by atoms with Gasteiger partial charge in [-0.3, -0.25) is 4.79 Å². The van der Waals surface area contributed by atoms with Crippen LogP contribution < -0.4 is 14.8 Å². The van der Waals surface area contributed by atoms with Crippen LogP contribution in [0.3, 0.4) is 0 Å². The third-order valence-electron chi connectivity index (χ3n) is 6.10. The Morgan fingerprint density at radius 2 is 1.12 bits per heavy atom. The molecule has 0 aliphatic carbocycles. The van der Waals surface area contributed by atoms with Crippen molar-refractivity contribution in [3.8, 4) is 22.6 Å². The first-order valence-corrected chi connectivity index (χ1v) is 11.3. The van der Waals surface area contributed by atoms with Gasteiger partial charge >= 0.3 is 0 Å². The van der Waals surface area contributed by atoms with Gasteiger partial charge in [0.25, 0.3) is 0 Å². The van der Waals surface area contributed by atoms with E-state index in [9.17, 15) is 4.79 Å². The van der Waals surface area contributed by atoms with Gasteiger partial charge in [0.1, 0.15) is 11.5 Å². The molecular weight excluding hydrogens is 422 g/mol. The zero-order chi connectivity index (χ0) is 23.9. The molecule has 4 nitrogen and oxygen atoms in total. The standard InChI is InChI=1S/C30H29NO3/c1-21(22-17-19-24(20-18-22)23-11-5-4-6-12-23)30(32)31-29(25-13-7-9-15-27(25)33-2)26-14-8-10-16-28(26)34-3/h4-21,29H,1-3H3,(H,31,32). The van der Waals surface area contributed by atoms with Gasteiger partial charge in [-0.1, -0.05) is 91.0 Å². The molecule has 34 heavy (non-hydrogen) atoms. The van der Waals surface area contributed by atoms with Crippen LogP contribution in [-0.2, 0) is 4.79 Å². The molecule has 0 aliphatic heterocycles. The van der Waals surface area contributed by atoms with Gasteiger partial charge in [-0.15, -0.1) is 0 Å². The van der Waals surface area contributed by atoms with E-state index < -0.39 is 6.04 Å². The fraction of sp³-hybridized carbons (Fsp3) is 0.167. The molecule has 0 heterocycles. The van der Waals surface area contributed by atoms with Crippen LogP contribution in [0.5, 0.6) is 11.5 Å². The number of rotatable bonds is 8. The predicted octanol–water partition coefficient (Wildman–Crippen LogP) is 6.38. The molecule has 4 heteroatoms. The molecule has 0 saturated carbocycles. The zero-order valence-corrected chi connectivity index (χ0v) is 19.7. The van der Waals surface area contributed by atoms with Gasteiger partial charge in [0, 0.05) is 11.1 Å². The molecule has 1 unspecified atom stereocenters. The average Bonchev–Trinajstić information content (AvgIpc) is 2.91. The summed E-state index contributed by atoms with van der Waals surface area (Å²) in [5.74, 6) is 1.00. The summed E-state index contributed by atoms with van der Waals surface area (Å²) < 4.78 is 11.2. The predicted molar refractivity (Wildman–Crippen MR) is 136 cm³/mol. The highest BCUT2D eigenvalue weighted by Crippen LogP contribution is 2.35. The third-order valence-corrected chi connectivity index (χ3v) is 6.10. The van der Waals surface area contributed by atoms with Crippen LogP contribution in [0.15, 0.2) is 103 Å². The first-order chi connectivity index (χ1) is 16.6. The lowest BCUT2D eigenvalue weighted by molar-refractivity contribution is -0.122. The third kappa shape index (κ3) is 4.96. The molecule has 0 radical (unpaired) electrons. The maximum atomic E-state index is 13.5. The normalized spacial score (nSPS) is 11.6. The average molecular weight is 452 g/mol. The summed E-state index contributed by atoms with van der Waals surface area (Å²) >= 11 is 0. The minimum absolute atomic E-state index is 0.0747. The van der Waals surface area contributed by atoms with E-state index in [1.165, 1.54) is 0 Å². The van der Waals surface area contributed by atoms with Gasteiger partial charge in [0.05, 0.1) is 26.2 Å². The molecule has 0 aromatic heterocycles. The Labute approximate surface area is 201 Å². The maximum absolute atomic E-state index is 13.5. The van der Waals surface area contributed by atoms with E-state index in [4.69, 9.17) is 9.47 Å². The fourth-order valence-corrected chi connectivity index (χ4v) is 4.15. The molecule has 0 aliphatic rings. The van der Waals surface area contributed by atoms with Crippen molar-refractivity contribution in [3.05, 3.63) is 120 Å². The number of methoxy groups -OCH3 is 2. The Hall–Kier alpha value is -4.05. The van der Waals surface area contributed by atoms with Crippen molar-refractivity contribution in [1.82, 2.24) is 5.32 Å². The van der Waals surface area contributed by atoms with Crippen LogP contribution in [0.4, 0.5) is 0 Å². The summed E-state index contributed by atoms with van der Waals surface area (Å²) in [5.41, 5.74) is 4.97.